The topological polar surface area (TPSA) is 59.0 Å². The van der Waals surface area contributed by atoms with Crippen LogP contribution < -0.4 is 10.6 Å². The van der Waals surface area contributed by atoms with Crippen LogP contribution in [0.2, 0.25) is 0 Å². The molecule has 2 N–H and O–H groups in total. The summed E-state index contributed by atoms with van der Waals surface area (Å²) < 4.78 is 1.94. The molecule has 2 aromatic rings. The SMILES string of the molecule is CC1(C)CCC(CNC(=O)c2ccn(C3CCCNC3)n2)c2ccccc21.Cl. The van der Waals surface area contributed by atoms with E-state index in [-0.39, 0.29) is 23.7 Å². The van der Waals surface area contributed by atoms with Crippen molar-refractivity contribution in [2.75, 3.05) is 19.6 Å². The lowest BCUT2D eigenvalue weighted by Gasteiger charge is -2.37. The minimum absolute atomic E-state index is 0. The zero-order valence-corrected chi connectivity index (χ0v) is 17.6. The van der Waals surface area contributed by atoms with E-state index in [0.717, 1.165) is 38.8 Å². The van der Waals surface area contributed by atoms with Gasteiger partial charge in [-0.25, -0.2) is 0 Å². The summed E-state index contributed by atoms with van der Waals surface area (Å²) in [4.78, 5) is 12.6. The number of amides is 1. The average molecular weight is 403 g/mol. The Kier molecular flexibility index (Phi) is 6.46. The molecule has 0 radical (unpaired) electrons. The van der Waals surface area contributed by atoms with Gasteiger partial charge in [0.1, 0.15) is 5.69 Å². The van der Waals surface area contributed by atoms with Crippen LogP contribution in [0.1, 0.15) is 73.1 Å². The lowest BCUT2D eigenvalue weighted by atomic mass is 9.69. The molecule has 152 valence electrons. The number of carbonyl (C=O) groups is 1. The zero-order valence-electron chi connectivity index (χ0n) is 16.8. The molecule has 1 aromatic heterocycles. The molecule has 1 fully saturated rings. The second kappa shape index (κ2) is 8.66. The van der Waals surface area contributed by atoms with Crippen LogP contribution in [0.15, 0.2) is 36.5 Å². The molecular weight excluding hydrogens is 372 g/mol. The Morgan fingerprint density at radius 2 is 2.11 bits per heavy atom. The Balaban J connectivity index is 0.00000225. The van der Waals surface area contributed by atoms with Crippen molar-refractivity contribution in [2.24, 2.45) is 0 Å². The normalized spacial score (nSPS) is 23.4. The van der Waals surface area contributed by atoms with E-state index in [2.05, 4.69) is 53.8 Å². The van der Waals surface area contributed by atoms with Gasteiger partial charge < -0.3 is 10.6 Å². The van der Waals surface area contributed by atoms with Crippen LogP contribution in [-0.2, 0) is 5.41 Å². The van der Waals surface area contributed by atoms with E-state index in [0.29, 0.717) is 24.2 Å². The van der Waals surface area contributed by atoms with Crippen LogP contribution in [0.25, 0.3) is 0 Å². The quantitative estimate of drug-likeness (QED) is 0.817. The molecule has 0 spiro atoms. The highest BCUT2D eigenvalue weighted by Gasteiger charge is 2.32. The van der Waals surface area contributed by atoms with E-state index in [1.54, 1.807) is 0 Å². The van der Waals surface area contributed by atoms with E-state index >= 15 is 0 Å². The van der Waals surface area contributed by atoms with Gasteiger partial charge in [-0.05, 0) is 54.8 Å². The molecule has 6 heteroatoms. The number of hydrogen-bond acceptors (Lipinski definition) is 3. The van der Waals surface area contributed by atoms with Crippen LogP contribution in [0.4, 0.5) is 0 Å². The molecule has 1 aliphatic heterocycles. The first-order valence-electron chi connectivity index (χ1n) is 10.2. The second-order valence-corrected chi connectivity index (χ2v) is 8.60. The summed E-state index contributed by atoms with van der Waals surface area (Å²) in [5.41, 5.74) is 3.53. The fraction of sp³-hybridized carbons (Fsp3) is 0.545. The lowest BCUT2D eigenvalue weighted by Crippen LogP contribution is -2.34. The highest BCUT2D eigenvalue weighted by molar-refractivity contribution is 5.92. The van der Waals surface area contributed by atoms with Gasteiger partial charge in [0, 0.05) is 25.2 Å². The smallest absolute Gasteiger partial charge is 0.271 e. The van der Waals surface area contributed by atoms with Crippen LogP contribution in [0.3, 0.4) is 0 Å². The van der Waals surface area contributed by atoms with Gasteiger partial charge in [-0.2, -0.15) is 5.10 Å². The predicted octanol–water partition coefficient (Wildman–Crippen LogP) is 3.81. The summed E-state index contributed by atoms with van der Waals surface area (Å²) in [6.45, 7) is 7.30. The maximum absolute atomic E-state index is 12.6. The molecule has 1 aromatic carbocycles. The number of piperidine rings is 1. The number of nitrogens with zero attached hydrogens (tertiary/aromatic N) is 2. The van der Waals surface area contributed by atoms with Crippen LogP contribution >= 0.6 is 12.4 Å². The lowest BCUT2D eigenvalue weighted by molar-refractivity contribution is 0.0943. The minimum atomic E-state index is -0.0696. The maximum atomic E-state index is 12.6. The van der Waals surface area contributed by atoms with E-state index in [1.165, 1.54) is 11.1 Å². The number of rotatable bonds is 4. The van der Waals surface area contributed by atoms with Gasteiger partial charge in [0.05, 0.1) is 6.04 Å². The third-order valence-corrected chi connectivity index (χ3v) is 6.24. The summed E-state index contributed by atoms with van der Waals surface area (Å²) in [5, 5.41) is 11.0. The highest BCUT2D eigenvalue weighted by atomic mass is 35.5. The van der Waals surface area contributed by atoms with Gasteiger partial charge in [0.25, 0.3) is 5.91 Å². The van der Waals surface area contributed by atoms with Crippen molar-refractivity contribution in [2.45, 2.75) is 56.9 Å². The molecule has 5 nitrogen and oxygen atoms in total. The Bertz CT molecular complexity index is 810. The Hall–Kier alpha value is -1.85. The van der Waals surface area contributed by atoms with Gasteiger partial charge in [-0.3, -0.25) is 9.48 Å². The largest absolute Gasteiger partial charge is 0.350 e. The van der Waals surface area contributed by atoms with Crippen molar-refractivity contribution >= 4 is 18.3 Å². The third kappa shape index (κ3) is 4.26. The minimum Gasteiger partial charge on any atom is -0.350 e. The highest BCUT2D eigenvalue weighted by Crippen LogP contribution is 2.42. The first-order valence-corrected chi connectivity index (χ1v) is 10.2. The summed E-state index contributed by atoms with van der Waals surface area (Å²) in [6.07, 6.45) is 6.46. The van der Waals surface area contributed by atoms with Gasteiger partial charge in [-0.1, -0.05) is 38.1 Å². The number of halogens is 1. The number of fused-ring (bicyclic) bond motifs is 1. The molecule has 2 aliphatic rings. The second-order valence-electron chi connectivity index (χ2n) is 8.60. The standard InChI is InChI=1S/C22H30N4O.ClH/c1-22(2)11-9-16(18-7-3-4-8-19(18)22)14-24-21(27)20-10-13-26(25-20)17-6-5-12-23-15-17;/h3-4,7-8,10,13,16-17,23H,5-6,9,11-12,14-15H2,1-2H3,(H,24,27);1H. The Labute approximate surface area is 173 Å². The predicted molar refractivity (Wildman–Crippen MR) is 114 cm³/mol. The third-order valence-electron chi connectivity index (χ3n) is 6.24. The number of hydrogen-bond donors (Lipinski definition) is 2. The van der Waals surface area contributed by atoms with Crippen molar-refractivity contribution in [3.8, 4) is 0 Å². The van der Waals surface area contributed by atoms with Crippen molar-refractivity contribution < 1.29 is 4.79 Å². The van der Waals surface area contributed by atoms with Gasteiger partial charge in [-0.15, -0.1) is 12.4 Å². The van der Waals surface area contributed by atoms with Crippen LogP contribution in [0.5, 0.6) is 0 Å². The fourth-order valence-corrected chi connectivity index (χ4v) is 4.53. The molecule has 2 unspecified atom stereocenters. The Morgan fingerprint density at radius 3 is 2.89 bits per heavy atom. The molecule has 28 heavy (non-hydrogen) atoms. The molecule has 0 bridgehead atoms. The van der Waals surface area contributed by atoms with Crippen LogP contribution in [-0.4, -0.2) is 35.3 Å². The van der Waals surface area contributed by atoms with E-state index < -0.39 is 0 Å². The van der Waals surface area contributed by atoms with Gasteiger partial charge in [0.15, 0.2) is 0 Å². The number of aromatic nitrogens is 2. The van der Waals surface area contributed by atoms with Crippen molar-refractivity contribution in [3.05, 3.63) is 53.3 Å². The maximum Gasteiger partial charge on any atom is 0.271 e. The summed E-state index contributed by atoms with van der Waals surface area (Å²) in [6, 6.07) is 10.9. The average Bonchev–Trinajstić information content (AvgIpc) is 3.18. The zero-order chi connectivity index (χ0) is 18.9. The molecule has 4 rings (SSSR count). The van der Waals surface area contributed by atoms with Gasteiger partial charge in [0.2, 0.25) is 0 Å². The number of nitrogens with one attached hydrogen (secondary N) is 2. The summed E-state index contributed by atoms with van der Waals surface area (Å²) >= 11 is 0. The number of carbonyl (C=O) groups excluding carboxylic acids is 1. The molecule has 1 aliphatic carbocycles. The molecule has 2 heterocycles. The summed E-state index contributed by atoms with van der Waals surface area (Å²) in [5.74, 6) is 0.308. The molecular formula is C22H31ClN4O. The van der Waals surface area contributed by atoms with E-state index in [1.807, 2.05) is 16.9 Å². The first kappa shape index (κ1) is 20.9. The first-order chi connectivity index (χ1) is 13.0. The fourth-order valence-electron chi connectivity index (χ4n) is 4.53. The Morgan fingerprint density at radius 1 is 1.29 bits per heavy atom. The molecule has 1 saturated heterocycles. The molecule has 1 amide bonds. The monoisotopic (exact) mass is 402 g/mol. The van der Waals surface area contributed by atoms with E-state index in [4.69, 9.17) is 0 Å². The van der Waals surface area contributed by atoms with Crippen molar-refractivity contribution in [3.63, 3.8) is 0 Å². The van der Waals surface area contributed by atoms with Gasteiger partial charge >= 0.3 is 0 Å². The summed E-state index contributed by atoms with van der Waals surface area (Å²) in [7, 11) is 0. The molecule has 0 saturated carbocycles. The number of benzene rings is 1. The van der Waals surface area contributed by atoms with E-state index in [9.17, 15) is 4.79 Å². The van der Waals surface area contributed by atoms with Crippen molar-refractivity contribution in [1.29, 1.82) is 0 Å². The van der Waals surface area contributed by atoms with Crippen molar-refractivity contribution in [1.82, 2.24) is 20.4 Å². The van der Waals surface area contributed by atoms with Crippen LogP contribution in [0, 0.1) is 0 Å². The molecule has 2 atom stereocenters.